The van der Waals surface area contributed by atoms with Gasteiger partial charge in [-0.05, 0) is 0 Å². The summed E-state index contributed by atoms with van der Waals surface area (Å²) in [6.07, 6.45) is 0. The molecule has 0 heterocycles. The van der Waals surface area contributed by atoms with Crippen molar-refractivity contribution in [3.8, 4) is 0 Å². The number of amides is 2. The van der Waals surface area contributed by atoms with Crippen molar-refractivity contribution >= 4 is 14.1 Å². The van der Waals surface area contributed by atoms with E-state index in [9.17, 15) is 4.79 Å². The standard InChI is InChI=1S/C4H12Si.C3H8N2O/c1-5(2,3)4;1-4-3(6)5-2/h1-4H3;1-2H3,(H2,4,5,6). The average molecular weight is 176 g/mol. The van der Waals surface area contributed by atoms with E-state index in [0.717, 1.165) is 0 Å². The van der Waals surface area contributed by atoms with Crippen LogP contribution in [0.4, 0.5) is 4.79 Å². The molecule has 2 N–H and O–H groups in total. The minimum Gasteiger partial charge on any atom is -0.341 e. The van der Waals surface area contributed by atoms with Crippen molar-refractivity contribution in [2.75, 3.05) is 14.1 Å². The van der Waals surface area contributed by atoms with Gasteiger partial charge in [0.1, 0.15) is 0 Å². The lowest BCUT2D eigenvalue weighted by molar-refractivity contribution is 0.245. The van der Waals surface area contributed by atoms with Crippen LogP contribution in [0.1, 0.15) is 0 Å². The zero-order chi connectivity index (χ0) is 9.49. The van der Waals surface area contributed by atoms with Gasteiger partial charge in [-0.25, -0.2) is 4.79 Å². The van der Waals surface area contributed by atoms with Gasteiger partial charge in [0.05, 0.1) is 0 Å². The number of nitrogens with one attached hydrogen (secondary N) is 2. The molecule has 3 nitrogen and oxygen atoms in total. The second-order valence-corrected chi connectivity index (χ2v) is 9.83. The van der Waals surface area contributed by atoms with Gasteiger partial charge in [0.25, 0.3) is 0 Å². The van der Waals surface area contributed by atoms with Gasteiger partial charge >= 0.3 is 6.03 Å². The quantitative estimate of drug-likeness (QED) is 0.540. The number of carbonyl (C=O) groups is 1. The summed E-state index contributed by atoms with van der Waals surface area (Å²) in [4.78, 5) is 9.96. The molecule has 2 amide bonds. The highest BCUT2D eigenvalue weighted by atomic mass is 28.3. The Hall–Kier alpha value is -0.513. The SMILES string of the molecule is CNC(=O)NC.C[Si](C)(C)C. The Kier molecular flexibility index (Phi) is 7.40. The third-order valence-corrected chi connectivity index (χ3v) is 0.454. The molecule has 0 aromatic rings. The van der Waals surface area contributed by atoms with Crippen molar-refractivity contribution in [3.63, 3.8) is 0 Å². The lowest BCUT2D eigenvalue weighted by atomic mass is 11.0. The molecule has 0 fully saturated rings. The number of hydrogen-bond donors (Lipinski definition) is 2. The maximum Gasteiger partial charge on any atom is 0.314 e. The van der Waals surface area contributed by atoms with E-state index in [4.69, 9.17) is 0 Å². The zero-order valence-electron chi connectivity index (χ0n) is 8.41. The molecule has 0 aliphatic rings. The minimum absolute atomic E-state index is 0.157. The molecule has 0 aromatic heterocycles. The summed E-state index contributed by atoms with van der Waals surface area (Å²) in [6, 6.07) is -0.157. The van der Waals surface area contributed by atoms with Crippen molar-refractivity contribution in [2.24, 2.45) is 0 Å². The number of rotatable bonds is 0. The van der Waals surface area contributed by atoms with Crippen LogP contribution in [-0.4, -0.2) is 28.2 Å². The van der Waals surface area contributed by atoms with E-state index in [1.165, 1.54) is 0 Å². The van der Waals surface area contributed by atoms with E-state index >= 15 is 0 Å². The fourth-order valence-corrected chi connectivity index (χ4v) is 0.125. The summed E-state index contributed by atoms with van der Waals surface area (Å²) in [7, 11) is 2.53. The highest BCUT2D eigenvalue weighted by Crippen LogP contribution is 1.94. The van der Waals surface area contributed by atoms with E-state index in [1.54, 1.807) is 14.1 Å². The summed E-state index contributed by atoms with van der Waals surface area (Å²) in [6.45, 7) is 9.31. The summed E-state index contributed by atoms with van der Waals surface area (Å²) < 4.78 is 0. The third-order valence-electron chi connectivity index (χ3n) is 0.454. The van der Waals surface area contributed by atoms with Crippen LogP contribution in [0.2, 0.25) is 26.2 Å². The van der Waals surface area contributed by atoms with Gasteiger partial charge in [-0.3, -0.25) is 0 Å². The van der Waals surface area contributed by atoms with E-state index in [-0.39, 0.29) is 6.03 Å². The molecule has 0 unspecified atom stereocenters. The summed E-state index contributed by atoms with van der Waals surface area (Å²) in [5.41, 5.74) is 0. The normalized spacial score (nSPS) is 9.27. The van der Waals surface area contributed by atoms with Gasteiger partial charge in [0.2, 0.25) is 0 Å². The molecule has 0 aliphatic heterocycles. The van der Waals surface area contributed by atoms with Crippen LogP contribution in [0.25, 0.3) is 0 Å². The summed E-state index contributed by atoms with van der Waals surface area (Å²) in [5, 5.41) is 4.73. The van der Waals surface area contributed by atoms with Gasteiger partial charge in [0.15, 0.2) is 0 Å². The Bertz CT molecular complexity index is 97.5. The minimum atomic E-state index is -0.611. The van der Waals surface area contributed by atoms with Gasteiger partial charge in [0, 0.05) is 22.2 Å². The first-order chi connectivity index (χ1) is 4.81. The zero-order valence-corrected chi connectivity index (χ0v) is 9.41. The van der Waals surface area contributed by atoms with Crippen LogP contribution in [0, 0.1) is 0 Å². The summed E-state index contributed by atoms with van der Waals surface area (Å²) >= 11 is 0. The van der Waals surface area contributed by atoms with Crippen molar-refractivity contribution in [3.05, 3.63) is 0 Å². The predicted octanol–water partition coefficient (Wildman–Crippen LogP) is 1.50. The van der Waals surface area contributed by atoms with Gasteiger partial charge in [-0.1, -0.05) is 26.2 Å². The molecule has 0 saturated carbocycles. The lowest BCUT2D eigenvalue weighted by Gasteiger charge is -2.01. The first kappa shape index (κ1) is 13.1. The molecule has 4 heteroatoms. The van der Waals surface area contributed by atoms with E-state index in [1.807, 2.05) is 0 Å². The van der Waals surface area contributed by atoms with Gasteiger partial charge < -0.3 is 10.6 Å². The monoisotopic (exact) mass is 176 g/mol. The maximum absolute atomic E-state index is 9.96. The lowest BCUT2D eigenvalue weighted by Crippen LogP contribution is -2.28. The Labute approximate surface area is 70.6 Å². The Morgan fingerprint density at radius 2 is 1.18 bits per heavy atom. The first-order valence-electron chi connectivity index (χ1n) is 3.70. The smallest absolute Gasteiger partial charge is 0.314 e. The largest absolute Gasteiger partial charge is 0.341 e. The fraction of sp³-hybridized carbons (Fsp3) is 0.857. The van der Waals surface area contributed by atoms with Crippen LogP contribution >= 0.6 is 0 Å². The Morgan fingerprint density at radius 1 is 1.00 bits per heavy atom. The van der Waals surface area contributed by atoms with E-state index < -0.39 is 8.07 Å². The predicted molar refractivity (Wildman–Crippen MR) is 52.7 cm³/mol. The molecule has 0 saturated heterocycles. The number of urea groups is 1. The van der Waals surface area contributed by atoms with Crippen LogP contribution < -0.4 is 10.6 Å². The van der Waals surface area contributed by atoms with Crippen molar-refractivity contribution in [2.45, 2.75) is 26.2 Å². The topological polar surface area (TPSA) is 41.1 Å². The van der Waals surface area contributed by atoms with Crippen molar-refractivity contribution in [1.82, 2.24) is 10.6 Å². The Balaban J connectivity index is 0. The molecule has 0 spiro atoms. The van der Waals surface area contributed by atoms with Crippen LogP contribution in [0.5, 0.6) is 0 Å². The third kappa shape index (κ3) is 43.7. The molecule has 0 rings (SSSR count). The maximum atomic E-state index is 9.96. The second-order valence-electron chi connectivity index (χ2n) is 3.83. The number of hydrogen-bond acceptors (Lipinski definition) is 1. The van der Waals surface area contributed by atoms with E-state index in [0.29, 0.717) is 0 Å². The van der Waals surface area contributed by atoms with Gasteiger partial charge in [-0.2, -0.15) is 0 Å². The average Bonchev–Trinajstić information content (AvgIpc) is 1.83. The molecule has 0 aromatic carbocycles. The molecular formula is C7H20N2OSi. The van der Waals surface area contributed by atoms with Gasteiger partial charge in [-0.15, -0.1) is 0 Å². The molecule has 68 valence electrons. The highest BCUT2D eigenvalue weighted by Gasteiger charge is 1.99. The first-order valence-corrected chi connectivity index (χ1v) is 7.70. The molecule has 0 radical (unpaired) electrons. The fourth-order valence-electron chi connectivity index (χ4n) is 0.125. The highest BCUT2D eigenvalue weighted by molar-refractivity contribution is 6.74. The van der Waals surface area contributed by atoms with Crippen molar-refractivity contribution in [1.29, 1.82) is 0 Å². The molecule has 0 bridgehead atoms. The van der Waals surface area contributed by atoms with Crippen LogP contribution in [0.3, 0.4) is 0 Å². The Morgan fingerprint density at radius 3 is 1.18 bits per heavy atom. The van der Waals surface area contributed by atoms with Crippen LogP contribution in [-0.2, 0) is 0 Å². The summed E-state index contributed by atoms with van der Waals surface area (Å²) in [5.74, 6) is 0. The molecular weight excluding hydrogens is 156 g/mol. The molecule has 11 heavy (non-hydrogen) atoms. The van der Waals surface area contributed by atoms with Crippen molar-refractivity contribution < 1.29 is 4.79 Å². The second kappa shape index (κ2) is 6.21. The molecule has 0 atom stereocenters. The van der Waals surface area contributed by atoms with Crippen LogP contribution in [0.15, 0.2) is 0 Å². The number of carbonyl (C=O) groups excluding carboxylic acids is 1. The molecule has 0 aliphatic carbocycles. The van der Waals surface area contributed by atoms with E-state index in [2.05, 4.69) is 36.8 Å².